The van der Waals surface area contributed by atoms with Crippen molar-refractivity contribution in [2.45, 2.75) is 51.6 Å². The summed E-state index contributed by atoms with van der Waals surface area (Å²) in [4.78, 5) is 2.51. The fourth-order valence-corrected chi connectivity index (χ4v) is 2.36. The van der Waals surface area contributed by atoms with Crippen molar-refractivity contribution in [1.29, 1.82) is 0 Å². The van der Waals surface area contributed by atoms with Gasteiger partial charge in [0.15, 0.2) is 0 Å². The lowest BCUT2D eigenvalue weighted by atomic mass is 10.0. The van der Waals surface area contributed by atoms with E-state index in [2.05, 4.69) is 23.9 Å². The first kappa shape index (κ1) is 9.40. The molecule has 2 aliphatic rings. The van der Waals surface area contributed by atoms with Crippen molar-refractivity contribution < 1.29 is 4.52 Å². The van der Waals surface area contributed by atoms with Gasteiger partial charge in [0.05, 0.1) is 5.69 Å². The molecule has 82 valence electrons. The number of aromatic nitrogens is 1. The fraction of sp³-hybridized carbons (Fsp3) is 0.750. The summed E-state index contributed by atoms with van der Waals surface area (Å²) in [5, 5.41) is 4.21. The maximum atomic E-state index is 5.49. The maximum absolute atomic E-state index is 5.49. The molecule has 0 aromatic carbocycles. The highest BCUT2D eigenvalue weighted by atomic mass is 16.5. The SMILES string of the molecule is CC(C)N1CCc2noc(C3CC3)c2C1. The minimum Gasteiger partial charge on any atom is -0.360 e. The molecule has 0 saturated heterocycles. The number of nitrogens with zero attached hydrogens (tertiary/aromatic N) is 2. The zero-order valence-corrected chi connectivity index (χ0v) is 9.49. The number of hydrogen-bond donors (Lipinski definition) is 0. The van der Waals surface area contributed by atoms with Crippen LogP contribution in [-0.4, -0.2) is 22.6 Å². The Morgan fingerprint density at radius 1 is 1.40 bits per heavy atom. The van der Waals surface area contributed by atoms with E-state index in [0.717, 1.165) is 19.5 Å². The standard InChI is InChI=1S/C12H18N2O/c1-8(2)14-6-5-11-10(7-14)12(15-13-11)9-3-4-9/h8-9H,3-7H2,1-2H3. The molecule has 1 fully saturated rings. The molecule has 1 aliphatic carbocycles. The predicted octanol–water partition coefficient (Wildman–Crippen LogP) is 2.32. The van der Waals surface area contributed by atoms with E-state index in [1.165, 1.54) is 29.9 Å². The second-order valence-electron chi connectivity index (χ2n) is 5.06. The van der Waals surface area contributed by atoms with E-state index in [9.17, 15) is 0 Å². The Labute approximate surface area is 90.4 Å². The summed E-state index contributed by atoms with van der Waals surface area (Å²) in [7, 11) is 0. The van der Waals surface area contributed by atoms with Crippen molar-refractivity contribution >= 4 is 0 Å². The van der Waals surface area contributed by atoms with Gasteiger partial charge >= 0.3 is 0 Å². The normalized spacial score (nSPS) is 22.1. The van der Waals surface area contributed by atoms with Gasteiger partial charge in [0.2, 0.25) is 0 Å². The van der Waals surface area contributed by atoms with Crippen LogP contribution in [0.3, 0.4) is 0 Å². The monoisotopic (exact) mass is 206 g/mol. The second-order valence-corrected chi connectivity index (χ2v) is 5.06. The average Bonchev–Trinajstić information content (AvgIpc) is 2.98. The van der Waals surface area contributed by atoms with Crippen LogP contribution in [-0.2, 0) is 13.0 Å². The molecule has 3 heteroatoms. The molecule has 3 rings (SSSR count). The van der Waals surface area contributed by atoms with E-state index in [1.807, 2.05) is 0 Å². The zero-order chi connectivity index (χ0) is 10.4. The van der Waals surface area contributed by atoms with Gasteiger partial charge in [0, 0.05) is 37.0 Å². The van der Waals surface area contributed by atoms with Crippen LogP contribution in [0.2, 0.25) is 0 Å². The molecule has 0 bridgehead atoms. The van der Waals surface area contributed by atoms with Gasteiger partial charge in [0.1, 0.15) is 5.76 Å². The molecule has 2 heterocycles. The van der Waals surface area contributed by atoms with E-state index in [4.69, 9.17) is 4.52 Å². The van der Waals surface area contributed by atoms with Crippen molar-refractivity contribution in [3.05, 3.63) is 17.0 Å². The lowest BCUT2D eigenvalue weighted by Gasteiger charge is -2.29. The van der Waals surface area contributed by atoms with Gasteiger partial charge in [-0.3, -0.25) is 4.90 Å². The Hall–Kier alpha value is -0.830. The molecular formula is C12H18N2O. The summed E-state index contributed by atoms with van der Waals surface area (Å²) in [6, 6.07) is 0.625. The van der Waals surface area contributed by atoms with Crippen LogP contribution in [0, 0.1) is 0 Å². The lowest BCUT2D eigenvalue weighted by molar-refractivity contribution is 0.202. The molecule has 0 atom stereocenters. The average molecular weight is 206 g/mol. The highest BCUT2D eigenvalue weighted by Crippen LogP contribution is 2.43. The summed E-state index contributed by atoms with van der Waals surface area (Å²) in [6.45, 7) is 6.69. The minimum atomic E-state index is 0.625. The maximum Gasteiger partial charge on any atom is 0.144 e. The fourth-order valence-electron chi connectivity index (χ4n) is 2.36. The lowest BCUT2D eigenvalue weighted by Crippen LogP contribution is -2.35. The van der Waals surface area contributed by atoms with Gasteiger partial charge in [0.25, 0.3) is 0 Å². The smallest absolute Gasteiger partial charge is 0.144 e. The third-order valence-corrected chi connectivity index (χ3v) is 3.58. The Morgan fingerprint density at radius 3 is 2.87 bits per heavy atom. The van der Waals surface area contributed by atoms with Crippen LogP contribution >= 0.6 is 0 Å². The van der Waals surface area contributed by atoms with E-state index in [1.54, 1.807) is 0 Å². The Bertz CT molecular complexity index is 366. The van der Waals surface area contributed by atoms with Gasteiger partial charge in [-0.1, -0.05) is 5.16 Å². The molecule has 1 aliphatic heterocycles. The molecule has 0 N–H and O–H groups in total. The summed E-state index contributed by atoms with van der Waals surface area (Å²) >= 11 is 0. The molecular weight excluding hydrogens is 188 g/mol. The first-order valence-electron chi connectivity index (χ1n) is 5.97. The van der Waals surface area contributed by atoms with E-state index >= 15 is 0 Å². The topological polar surface area (TPSA) is 29.3 Å². The molecule has 0 radical (unpaired) electrons. The summed E-state index contributed by atoms with van der Waals surface area (Å²) in [5.41, 5.74) is 2.62. The van der Waals surface area contributed by atoms with Crippen LogP contribution in [0.4, 0.5) is 0 Å². The molecule has 1 saturated carbocycles. The first-order valence-corrected chi connectivity index (χ1v) is 5.97. The van der Waals surface area contributed by atoms with Crippen LogP contribution < -0.4 is 0 Å². The molecule has 15 heavy (non-hydrogen) atoms. The number of rotatable bonds is 2. The van der Waals surface area contributed by atoms with Crippen molar-refractivity contribution in [1.82, 2.24) is 10.1 Å². The summed E-state index contributed by atoms with van der Waals surface area (Å²) in [5.74, 6) is 1.88. The molecule has 1 aromatic rings. The Balaban J connectivity index is 1.88. The van der Waals surface area contributed by atoms with Crippen molar-refractivity contribution in [3.8, 4) is 0 Å². The molecule has 3 nitrogen and oxygen atoms in total. The van der Waals surface area contributed by atoms with Crippen LogP contribution in [0.25, 0.3) is 0 Å². The summed E-state index contributed by atoms with van der Waals surface area (Å²) in [6.07, 6.45) is 3.65. The third kappa shape index (κ3) is 1.59. The van der Waals surface area contributed by atoms with Crippen LogP contribution in [0.5, 0.6) is 0 Å². The zero-order valence-electron chi connectivity index (χ0n) is 9.49. The second kappa shape index (κ2) is 3.34. The molecule has 0 spiro atoms. The quantitative estimate of drug-likeness (QED) is 0.743. The number of hydrogen-bond acceptors (Lipinski definition) is 3. The minimum absolute atomic E-state index is 0.625. The third-order valence-electron chi connectivity index (χ3n) is 3.58. The van der Waals surface area contributed by atoms with Gasteiger partial charge in [-0.25, -0.2) is 0 Å². The highest BCUT2D eigenvalue weighted by molar-refractivity contribution is 5.30. The largest absolute Gasteiger partial charge is 0.360 e. The van der Waals surface area contributed by atoms with Gasteiger partial charge in [-0.05, 0) is 26.7 Å². The molecule has 0 unspecified atom stereocenters. The first-order chi connectivity index (χ1) is 7.25. The van der Waals surface area contributed by atoms with Crippen LogP contribution in [0.1, 0.15) is 49.6 Å². The van der Waals surface area contributed by atoms with Crippen molar-refractivity contribution in [2.75, 3.05) is 6.54 Å². The Morgan fingerprint density at radius 2 is 2.20 bits per heavy atom. The molecule has 1 aromatic heterocycles. The highest BCUT2D eigenvalue weighted by Gasteiger charge is 2.34. The number of fused-ring (bicyclic) bond motifs is 1. The van der Waals surface area contributed by atoms with Gasteiger partial charge in [-0.2, -0.15) is 0 Å². The predicted molar refractivity (Wildman–Crippen MR) is 57.7 cm³/mol. The van der Waals surface area contributed by atoms with E-state index in [-0.39, 0.29) is 0 Å². The Kier molecular flexibility index (Phi) is 2.09. The van der Waals surface area contributed by atoms with Gasteiger partial charge < -0.3 is 4.52 Å². The van der Waals surface area contributed by atoms with Gasteiger partial charge in [-0.15, -0.1) is 0 Å². The molecule has 0 amide bonds. The van der Waals surface area contributed by atoms with E-state index in [0.29, 0.717) is 12.0 Å². The van der Waals surface area contributed by atoms with Crippen molar-refractivity contribution in [3.63, 3.8) is 0 Å². The van der Waals surface area contributed by atoms with Crippen LogP contribution in [0.15, 0.2) is 4.52 Å². The van der Waals surface area contributed by atoms with E-state index < -0.39 is 0 Å². The van der Waals surface area contributed by atoms with Crippen molar-refractivity contribution in [2.24, 2.45) is 0 Å². The summed E-state index contributed by atoms with van der Waals surface area (Å²) < 4.78 is 5.49.